The van der Waals surface area contributed by atoms with Crippen LogP contribution in [0.25, 0.3) is 5.76 Å². The Kier molecular flexibility index (Phi) is 6.11. The van der Waals surface area contributed by atoms with Gasteiger partial charge in [0.1, 0.15) is 23.1 Å². The minimum absolute atomic E-state index is 0.0807. The van der Waals surface area contributed by atoms with Gasteiger partial charge in [-0.2, -0.15) is 0 Å². The maximum atomic E-state index is 13.6. The van der Waals surface area contributed by atoms with Crippen molar-refractivity contribution in [2.45, 2.75) is 19.9 Å². The molecular formula is C27H24FNO5. The molecule has 0 aliphatic carbocycles. The molecule has 1 unspecified atom stereocenters. The molecular weight excluding hydrogens is 437 g/mol. The van der Waals surface area contributed by atoms with E-state index >= 15 is 0 Å². The number of carbonyl (C=O) groups excluding carboxylic acids is 2. The summed E-state index contributed by atoms with van der Waals surface area (Å²) in [4.78, 5) is 27.8. The number of anilines is 1. The van der Waals surface area contributed by atoms with Crippen molar-refractivity contribution in [3.63, 3.8) is 0 Å². The van der Waals surface area contributed by atoms with Gasteiger partial charge in [-0.25, -0.2) is 4.39 Å². The van der Waals surface area contributed by atoms with E-state index in [2.05, 4.69) is 0 Å². The molecule has 1 saturated heterocycles. The molecule has 3 aromatic carbocycles. The zero-order chi connectivity index (χ0) is 24.6. The van der Waals surface area contributed by atoms with E-state index in [0.717, 1.165) is 11.1 Å². The second-order valence-electron chi connectivity index (χ2n) is 8.08. The Morgan fingerprint density at radius 3 is 2.18 bits per heavy atom. The monoisotopic (exact) mass is 461 g/mol. The molecule has 34 heavy (non-hydrogen) atoms. The molecule has 0 spiro atoms. The highest BCUT2D eigenvalue weighted by Crippen LogP contribution is 2.44. The van der Waals surface area contributed by atoms with Crippen molar-refractivity contribution in [1.29, 1.82) is 0 Å². The van der Waals surface area contributed by atoms with Gasteiger partial charge in [0.25, 0.3) is 11.7 Å². The minimum atomic E-state index is -0.943. The van der Waals surface area contributed by atoms with E-state index in [9.17, 15) is 19.1 Å². The first-order valence-electron chi connectivity index (χ1n) is 10.6. The van der Waals surface area contributed by atoms with Gasteiger partial charge in [-0.15, -0.1) is 0 Å². The normalized spacial score (nSPS) is 17.2. The lowest BCUT2D eigenvalue weighted by Gasteiger charge is -2.26. The van der Waals surface area contributed by atoms with Crippen molar-refractivity contribution in [1.82, 2.24) is 0 Å². The number of aliphatic hydroxyl groups is 1. The van der Waals surface area contributed by atoms with Crippen molar-refractivity contribution in [2.24, 2.45) is 0 Å². The number of rotatable bonds is 5. The Hall–Kier alpha value is -4.13. The van der Waals surface area contributed by atoms with Crippen LogP contribution in [0.3, 0.4) is 0 Å². The van der Waals surface area contributed by atoms with Crippen LogP contribution in [0.1, 0.15) is 28.3 Å². The van der Waals surface area contributed by atoms with Gasteiger partial charge in [-0.05, 0) is 73.0 Å². The average Bonchev–Trinajstić information content (AvgIpc) is 3.09. The number of ketones is 1. The first-order valence-corrected chi connectivity index (χ1v) is 10.6. The van der Waals surface area contributed by atoms with Crippen LogP contribution in [0.5, 0.6) is 11.5 Å². The Labute approximate surface area is 196 Å². The van der Waals surface area contributed by atoms with Crippen LogP contribution in [-0.4, -0.2) is 31.0 Å². The first kappa shape index (κ1) is 23.0. The summed E-state index contributed by atoms with van der Waals surface area (Å²) in [6.45, 7) is 3.70. The highest BCUT2D eigenvalue weighted by atomic mass is 19.1. The highest BCUT2D eigenvalue weighted by molar-refractivity contribution is 6.51. The highest BCUT2D eigenvalue weighted by Gasteiger charge is 2.47. The molecule has 174 valence electrons. The first-order chi connectivity index (χ1) is 16.3. The Morgan fingerprint density at radius 2 is 1.59 bits per heavy atom. The maximum Gasteiger partial charge on any atom is 0.300 e. The van der Waals surface area contributed by atoms with Crippen molar-refractivity contribution in [3.8, 4) is 11.5 Å². The van der Waals surface area contributed by atoms with Crippen LogP contribution in [0, 0.1) is 19.7 Å². The van der Waals surface area contributed by atoms with E-state index in [1.54, 1.807) is 30.3 Å². The number of amides is 1. The zero-order valence-electron chi connectivity index (χ0n) is 19.3. The summed E-state index contributed by atoms with van der Waals surface area (Å²) in [7, 11) is 3.01. The van der Waals surface area contributed by atoms with Crippen LogP contribution < -0.4 is 14.4 Å². The Bertz CT molecular complexity index is 1300. The number of aliphatic hydroxyl groups excluding tert-OH is 1. The largest absolute Gasteiger partial charge is 0.507 e. The third kappa shape index (κ3) is 3.90. The van der Waals surface area contributed by atoms with E-state index in [1.807, 2.05) is 19.9 Å². The third-order valence-corrected chi connectivity index (χ3v) is 5.86. The summed E-state index contributed by atoms with van der Waals surface area (Å²) in [6.07, 6.45) is 0. The quantitative estimate of drug-likeness (QED) is 0.326. The molecule has 1 atom stereocenters. The van der Waals surface area contributed by atoms with E-state index in [4.69, 9.17) is 9.47 Å². The molecule has 0 saturated carbocycles. The SMILES string of the molecule is COc1ccc(C2/C(=C(\O)c3cc(C)cc(C)c3OC)C(=O)C(=O)N2c2ccc(F)cc2)cc1. The smallest absolute Gasteiger partial charge is 0.300 e. The molecule has 1 amide bonds. The summed E-state index contributed by atoms with van der Waals surface area (Å²) in [5, 5.41) is 11.4. The number of ether oxygens (including phenoxy) is 2. The fourth-order valence-electron chi connectivity index (χ4n) is 4.35. The molecule has 1 fully saturated rings. The molecule has 1 N–H and O–H groups in total. The van der Waals surface area contributed by atoms with Crippen LogP contribution in [0.2, 0.25) is 0 Å². The van der Waals surface area contributed by atoms with Crippen molar-refractivity contribution >= 4 is 23.1 Å². The number of aryl methyl sites for hydroxylation is 2. The molecule has 6 nitrogen and oxygen atoms in total. The van der Waals surface area contributed by atoms with E-state index < -0.39 is 23.5 Å². The number of hydrogen-bond donors (Lipinski definition) is 1. The van der Waals surface area contributed by atoms with Gasteiger partial charge in [0, 0.05) is 5.69 Å². The molecule has 1 aliphatic heterocycles. The van der Waals surface area contributed by atoms with Gasteiger partial charge in [0.15, 0.2) is 0 Å². The zero-order valence-corrected chi connectivity index (χ0v) is 19.3. The van der Waals surface area contributed by atoms with E-state index in [1.165, 1.54) is 43.4 Å². The van der Waals surface area contributed by atoms with Crippen LogP contribution in [0.4, 0.5) is 10.1 Å². The predicted molar refractivity (Wildman–Crippen MR) is 127 cm³/mol. The molecule has 0 radical (unpaired) electrons. The lowest BCUT2D eigenvalue weighted by molar-refractivity contribution is -0.132. The molecule has 4 rings (SSSR count). The van der Waals surface area contributed by atoms with Crippen LogP contribution >= 0.6 is 0 Å². The van der Waals surface area contributed by atoms with Crippen molar-refractivity contribution in [2.75, 3.05) is 19.1 Å². The molecule has 3 aromatic rings. The van der Waals surface area contributed by atoms with Crippen LogP contribution in [0.15, 0.2) is 66.2 Å². The number of nitrogens with zero attached hydrogens (tertiary/aromatic N) is 1. The van der Waals surface area contributed by atoms with Gasteiger partial charge >= 0.3 is 0 Å². The standard InChI is InChI=1S/C27H24FNO5/c1-15-13-16(2)26(34-4)21(14-15)24(30)22-23(17-5-11-20(33-3)12-6-17)29(27(32)25(22)31)19-9-7-18(28)8-10-19/h5-14,23,30H,1-4H3/b24-22+. The number of benzene rings is 3. The van der Waals surface area contributed by atoms with Crippen molar-refractivity contribution in [3.05, 3.63) is 94.3 Å². The average molecular weight is 461 g/mol. The topological polar surface area (TPSA) is 76.1 Å². The fraction of sp³-hybridized carbons (Fsp3) is 0.185. The summed E-state index contributed by atoms with van der Waals surface area (Å²) in [5.74, 6) is -1.47. The number of methoxy groups -OCH3 is 2. The summed E-state index contributed by atoms with van der Waals surface area (Å²) >= 11 is 0. The maximum absolute atomic E-state index is 13.6. The predicted octanol–water partition coefficient (Wildman–Crippen LogP) is 5.09. The van der Waals surface area contributed by atoms with Gasteiger partial charge in [0.2, 0.25) is 0 Å². The summed E-state index contributed by atoms with van der Waals surface area (Å²) < 4.78 is 24.3. The minimum Gasteiger partial charge on any atom is -0.507 e. The molecule has 7 heteroatoms. The fourth-order valence-corrected chi connectivity index (χ4v) is 4.35. The molecule has 1 heterocycles. The second kappa shape index (κ2) is 9.02. The number of halogens is 1. The number of hydrogen-bond acceptors (Lipinski definition) is 5. The third-order valence-electron chi connectivity index (χ3n) is 5.86. The number of carbonyl (C=O) groups is 2. The number of Topliss-reactive ketones (excluding diaryl/α,β-unsaturated/α-hetero) is 1. The molecule has 1 aliphatic rings. The Morgan fingerprint density at radius 1 is 0.941 bits per heavy atom. The van der Waals surface area contributed by atoms with Gasteiger partial charge < -0.3 is 14.6 Å². The summed E-state index contributed by atoms with van der Waals surface area (Å²) in [5.41, 5.74) is 2.77. The van der Waals surface area contributed by atoms with E-state index in [-0.39, 0.29) is 11.3 Å². The van der Waals surface area contributed by atoms with Gasteiger partial charge in [0.05, 0.1) is 31.4 Å². The van der Waals surface area contributed by atoms with Crippen LogP contribution in [-0.2, 0) is 9.59 Å². The lowest BCUT2D eigenvalue weighted by atomic mass is 9.93. The second-order valence-corrected chi connectivity index (χ2v) is 8.08. The summed E-state index contributed by atoms with van der Waals surface area (Å²) in [6, 6.07) is 14.8. The lowest BCUT2D eigenvalue weighted by Crippen LogP contribution is -2.29. The van der Waals surface area contributed by atoms with Gasteiger partial charge in [-0.3, -0.25) is 14.5 Å². The molecule has 0 bridgehead atoms. The Balaban J connectivity index is 1.99. The van der Waals surface area contributed by atoms with Crippen molar-refractivity contribution < 1.29 is 28.6 Å². The van der Waals surface area contributed by atoms with Gasteiger partial charge in [-0.1, -0.05) is 18.2 Å². The molecule has 0 aromatic heterocycles. The van der Waals surface area contributed by atoms with E-state index in [0.29, 0.717) is 28.3 Å².